The summed E-state index contributed by atoms with van der Waals surface area (Å²) in [6, 6.07) is 1.36. The number of nitriles is 1. The van der Waals surface area contributed by atoms with E-state index in [0.29, 0.717) is 40.5 Å². The number of hydrogen-bond donors (Lipinski definition) is 2. The largest absolute Gasteiger partial charge is 0.504 e. The molecule has 2 aromatic rings. The molecule has 2 saturated heterocycles. The average Bonchev–Trinajstić information content (AvgIpc) is 3.47. The van der Waals surface area contributed by atoms with Crippen LogP contribution >= 0.6 is 11.8 Å². The quantitative estimate of drug-likeness (QED) is 0.372. The Morgan fingerprint density at radius 1 is 1.18 bits per heavy atom. The van der Waals surface area contributed by atoms with E-state index >= 15 is 0 Å². The summed E-state index contributed by atoms with van der Waals surface area (Å²) in [5, 5.41) is 22.1. The predicted octanol–water partition coefficient (Wildman–Crippen LogP) is 2.56. The first-order valence-corrected chi connectivity index (χ1v) is 15.6. The van der Waals surface area contributed by atoms with Gasteiger partial charge in [-0.25, -0.2) is 0 Å². The fourth-order valence-corrected chi connectivity index (χ4v) is 9.42. The maximum absolute atomic E-state index is 13.0. The van der Waals surface area contributed by atoms with Gasteiger partial charge in [-0.15, -0.1) is 11.8 Å². The molecule has 0 saturated carbocycles. The van der Waals surface area contributed by atoms with Crippen molar-refractivity contribution in [2.45, 2.75) is 68.7 Å². The summed E-state index contributed by atoms with van der Waals surface area (Å²) in [6.07, 6.45) is 0.522. The highest BCUT2D eigenvalue weighted by atomic mass is 32.2. The number of aryl methyl sites for hydroxylation is 1. The Labute approximate surface area is 258 Å². The number of methoxy groups -OCH3 is 1. The first-order valence-electron chi connectivity index (χ1n) is 14.5. The molecule has 44 heavy (non-hydrogen) atoms. The number of nitrogens with zero attached hydrogens (tertiary/aromatic N) is 3. The number of cyclic esters (lactones) is 1. The third-order valence-electron chi connectivity index (χ3n) is 9.69. The monoisotopic (exact) mass is 622 g/mol. The minimum atomic E-state index is -0.890. The van der Waals surface area contributed by atoms with E-state index < -0.39 is 47.4 Å². The molecule has 0 aromatic heterocycles. The standard InChI is InChI=1S/C31H34N4O8S/c1-12-6-15-7-17-18(8-32)35-19-9-40-31(38)16(33)10-44-30(24(35)23(34(17)4)20(15)25(37)26(12)39-5)22-21(19)29-28(41-11-42-29)13(2)27(22)43-14(3)36/h6,16-19,23-24,30,37H,7,9-11,33H2,1-5H3/t16?,17?,18-,19+,23+,24?,30+/m0/s1. The average molecular weight is 623 g/mol. The van der Waals surface area contributed by atoms with E-state index in [2.05, 4.69) is 15.9 Å². The van der Waals surface area contributed by atoms with Gasteiger partial charge in [0.1, 0.15) is 24.4 Å². The summed E-state index contributed by atoms with van der Waals surface area (Å²) in [6.45, 7) is 4.93. The van der Waals surface area contributed by atoms with E-state index in [1.807, 2.05) is 27.0 Å². The Hall–Kier alpha value is -3.70. The van der Waals surface area contributed by atoms with Crippen molar-refractivity contribution >= 4 is 23.7 Å². The van der Waals surface area contributed by atoms with Crippen molar-refractivity contribution in [1.29, 1.82) is 5.26 Å². The van der Waals surface area contributed by atoms with Crippen molar-refractivity contribution in [1.82, 2.24) is 9.80 Å². The summed E-state index contributed by atoms with van der Waals surface area (Å²) < 4.78 is 29.4. The van der Waals surface area contributed by atoms with Crippen LogP contribution < -0.4 is 24.7 Å². The van der Waals surface area contributed by atoms with E-state index in [-0.39, 0.29) is 30.9 Å². The molecule has 5 aliphatic rings. The van der Waals surface area contributed by atoms with Crippen molar-refractivity contribution in [3.05, 3.63) is 39.4 Å². The summed E-state index contributed by atoms with van der Waals surface area (Å²) in [5.41, 5.74) is 10.8. The van der Waals surface area contributed by atoms with Gasteiger partial charge in [0.05, 0.1) is 30.5 Å². The van der Waals surface area contributed by atoms with E-state index in [1.54, 1.807) is 0 Å². The minimum Gasteiger partial charge on any atom is -0.504 e. The van der Waals surface area contributed by atoms with Crippen LogP contribution in [0.4, 0.5) is 0 Å². The highest BCUT2D eigenvalue weighted by Gasteiger charge is 2.60. The van der Waals surface area contributed by atoms with Gasteiger partial charge < -0.3 is 34.5 Å². The summed E-state index contributed by atoms with van der Waals surface area (Å²) >= 11 is 1.44. The van der Waals surface area contributed by atoms with Crippen LogP contribution in [0, 0.1) is 25.2 Å². The Morgan fingerprint density at radius 2 is 1.93 bits per heavy atom. The lowest BCUT2D eigenvalue weighted by molar-refractivity contribution is -0.150. The Morgan fingerprint density at radius 3 is 2.64 bits per heavy atom. The second kappa shape index (κ2) is 10.4. The number of benzene rings is 2. The summed E-state index contributed by atoms with van der Waals surface area (Å²) in [5.74, 6) is 0.953. The molecule has 0 radical (unpaired) electrons. The summed E-state index contributed by atoms with van der Waals surface area (Å²) in [4.78, 5) is 29.8. The fraction of sp³-hybridized carbons (Fsp3) is 0.516. The molecule has 0 spiro atoms. The molecule has 232 valence electrons. The van der Waals surface area contributed by atoms with Crippen LogP contribution in [0.1, 0.15) is 57.6 Å². The van der Waals surface area contributed by atoms with E-state index in [9.17, 15) is 20.0 Å². The highest BCUT2D eigenvalue weighted by Crippen LogP contribution is 2.64. The van der Waals surface area contributed by atoms with Gasteiger partial charge in [-0.3, -0.25) is 19.4 Å². The number of carbonyl (C=O) groups excluding carboxylic acids is 2. The molecule has 2 aromatic carbocycles. The number of nitrogens with two attached hydrogens (primary N) is 1. The molecule has 5 aliphatic heterocycles. The van der Waals surface area contributed by atoms with Crippen LogP contribution in [0.3, 0.4) is 0 Å². The van der Waals surface area contributed by atoms with Crippen molar-refractivity contribution in [2.75, 3.05) is 33.3 Å². The Kier molecular flexibility index (Phi) is 6.89. The van der Waals surface area contributed by atoms with E-state index in [1.165, 1.54) is 25.8 Å². The Balaban J connectivity index is 1.56. The molecule has 13 heteroatoms. The molecule has 7 atom stereocenters. The smallest absolute Gasteiger partial charge is 0.323 e. The van der Waals surface area contributed by atoms with Gasteiger partial charge in [-0.2, -0.15) is 5.26 Å². The SMILES string of the molecule is COc1c(C)cc2c(c1O)[C@@H]1C3[C@@H]4SCC(N)C(=O)OC[C@H](c5c6c(c(C)c(OC(C)=O)c54)OCO6)N3[C@@H](C#N)C(C2)N1C. The number of phenolic OH excluding ortho intramolecular Hbond substituents is 1. The lowest BCUT2D eigenvalue weighted by Gasteiger charge is -2.61. The van der Waals surface area contributed by atoms with Crippen LogP contribution in [0.25, 0.3) is 0 Å². The van der Waals surface area contributed by atoms with E-state index in [4.69, 9.17) is 29.4 Å². The molecular formula is C31H34N4O8S. The molecule has 0 aliphatic carbocycles. The number of phenols is 1. The second-order valence-corrected chi connectivity index (χ2v) is 13.2. The van der Waals surface area contributed by atoms with Crippen LogP contribution in [0.5, 0.6) is 28.7 Å². The number of aromatic hydroxyl groups is 1. The van der Waals surface area contributed by atoms with Gasteiger partial charge in [-0.1, -0.05) is 6.07 Å². The molecule has 4 bridgehead atoms. The molecule has 2 fully saturated rings. The van der Waals surface area contributed by atoms with Gasteiger partial charge >= 0.3 is 11.9 Å². The molecule has 7 rings (SSSR count). The lowest BCUT2D eigenvalue weighted by Crippen LogP contribution is -2.69. The van der Waals surface area contributed by atoms with Crippen LogP contribution in [0.2, 0.25) is 0 Å². The number of rotatable bonds is 2. The third-order valence-corrected chi connectivity index (χ3v) is 11.1. The number of ether oxygens (including phenoxy) is 5. The number of carbonyl (C=O) groups is 2. The summed E-state index contributed by atoms with van der Waals surface area (Å²) in [7, 11) is 3.51. The zero-order chi connectivity index (χ0) is 31.2. The highest BCUT2D eigenvalue weighted by molar-refractivity contribution is 7.99. The number of esters is 2. The molecule has 12 nitrogen and oxygen atoms in total. The molecule has 3 unspecified atom stereocenters. The van der Waals surface area contributed by atoms with E-state index in [0.717, 1.165) is 22.3 Å². The van der Waals surface area contributed by atoms with Crippen LogP contribution in [-0.4, -0.2) is 84.3 Å². The van der Waals surface area contributed by atoms with Crippen molar-refractivity contribution in [3.63, 3.8) is 0 Å². The van der Waals surface area contributed by atoms with Crippen molar-refractivity contribution in [2.24, 2.45) is 5.73 Å². The van der Waals surface area contributed by atoms with Crippen molar-refractivity contribution < 1.29 is 38.4 Å². The maximum atomic E-state index is 13.0. The fourth-order valence-electron chi connectivity index (χ4n) is 7.98. The van der Waals surface area contributed by atoms with Gasteiger partial charge in [0.15, 0.2) is 23.0 Å². The normalized spacial score (nSPS) is 30.4. The minimum absolute atomic E-state index is 0.0270. The van der Waals surface area contributed by atoms with Crippen molar-refractivity contribution in [3.8, 4) is 34.8 Å². The van der Waals surface area contributed by atoms with Gasteiger partial charge in [0, 0.05) is 47.0 Å². The predicted molar refractivity (Wildman–Crippen MR) is 158 cm³/mol. The number of piperazine rings is 1. The zero-order valence-electron chi connectivity index (χ0n) is 25.1. The van der Waals surface area contributed by atoms with Crippen LogP contribution in [0.15, 0.2) is 6.07 Å². The molecule has 3 N–H and O–H groups in total. The number of fused-ring (bicyclic) bond motifs is 9. The first-order chi connectivity index (χ1) is 21.1. The number of thioether (sulfide) groups is 1. The molecular weight excluding hydrogens is 588 g/mol. The lowest BCUT2D eigenvalue weighted by atomic mass is 9.71. The maximum Gasteiger partial charge on any atom is 0.323 e. The first kappa shape index (κ1) is 29.0. The zero-order valence-corrected chi connectivity index (χ0v) is 25.9. The van der Waals surface area contributed by atoms with Gasteiger partial charge in [-0.05, 0) is 38.4 Å². The van der Waals surface area contributed by atoms with Crippen LogP contribution in [-0.2, 0) is 20.7 Å². The second-order valence-electron chi connectivity index (χ2n) is 12.0. The molecule has 5 heterocycles. The number of hydrogen-bond acceptors (Lipinski definition) is 13. The van der Waals surface area contributed by atoms with Gasteiger partial charge in [0.25, 0.3) is 0 Å². The number of likely N-dealkylation sites (N-methyl/N-ethyl adjacent to an activating group) is 1. The third kappa shape index (κ3) is 3.94. The molecule has 0 amide bonds. The topological polar surface area (TPSA) is 157 Å². The Bertz CT molecular complexity index is 1640. The van der Waals surface area contributed by atoms with Gasteiger partial charge in [0.2, 0.25) is 6.79 Å².